The maximum absolute atomic E-state index is 5.12. The number of ether oxygens (including phenoxy) is 2. The van der Waals surface area contributed by atoms with Crippen molar-refractivity contribution in [3.8, 4) is 0 Å². The molecule has 0 saturated carbocycles. The topological polar surface area (TPSA) is 36.9 Å². The van der Waals surface area contributed by atoms with Crippen molar-refractivity contribution in [3.63, 3.8) is 0 Å². The van der Waals surface area contributed by atoms with Crippen LogP contribution in [0.3, 0.4) is 0 Å². The minimum absolute atomic E-state index is 0.200. The molecule has 0 fully saturated rings. The first-order valence-corrected chi connectivity index (χ1v) is 4.33. The van der Waals surface area contributed by atoms with Gasteiger partial charge >= 0.3 is 73.6 Å². The van der Waals surface area contributed by atoms with Crippen LogP contribution < -0.4 is 0 Å². The molecular formula is C6H14AlO4+. The van der Waals surface area contributed by atoms with Gasteiger partial charge in [-0.05, 0) is 0 Å². The van der Waals surface area contributed by atoms with Crippen LogP contribution in [-0.2, 0) is 17.1 Å². The van der Waals surface area contributed by atoms with Crippen LogP contribution in [0.25, 0.3) is 0 Å². The van der Waals surface area contributed by atoms with Gasteiger partial charge in [-0.25, -0.2) is 0 Å². The zero-order chi connectivity index (χ0) is 8.69. The van der Waals surface area contributed by atoms with E-state index < -0.39 is 15.9 Å². The summed E-state index contributed by atoms with van der Waals surface area (Å²) >= 11 is -0.500. The molecule has 0 radical (unpaired) electrons. The third kappa shape index (κ3) is 6.76. The summed E-state index contributed by atoms with van der Waals surface area (Å²) in [5.41, 5.74) is 0. The molecule has 0 heterocycles. The molecule has 0 N–H and O–H groups in total. The molecule has 0 amide bonds. The predicted octanol–water partition coefficient (Wildman–Crippen LogP) is 0.539. The van der Waals surface area contributed by atoms with E-state index in [-0.39, 0.29) is 12.6 Å². The van der Waals surface area contributed by atoms with Crippen molar-refractivity contribution in [3.05, 3.63) is 0 Å². The van der Waals surface area contributed by atoms with Crippen LogP contribution in [0.15, 0.2) is 0 Å². The van der Waals surface area contributed by atoms with Crippen LogP contribution in [0.4, 0.5) is 0 Å². The summed E-state index contributed by atoms with van der Waals surface area (Å²) in [7, 11) is 3.17. The van der Waals surface area contributed by atoms with Crippen LogP contribution in [0, 0.1) is 0 Å². The van der Waals surface area contributed by atoms with E-state index in [0.29, 0.717) is 0 Å². The summed E-state index contributed by atoms with van der Waals surface area (Å²) in [4.78, 5) is 0. The van der Waals surface area contributed by atoms with Gasteiger partial charge in [0.1, 0.15) is 0 Å². The standard InChI is InChI=1S/2C3H7O2.Al/c2*1-3(4)5-2;/h2*3H,1-2H3;/q2*-1;+3. The van der Waals surface area contributed by atoms with Crippen LogP contribution in [0.2, 0.25) is 0 Å². The van der Waals surface area contributed by atoms with Crippen molar-refractivity contribution in [2.24, 2.45) is 0 Å². The third-order valence-electron chi connectivity index (χ3n) is 1.16. The van der Waals surface area contributed by atoms with E-state index in [0.717, 1.165) is 0 Å². The van der Waals surface area contributed by atoms with Crippen LogP contribution in [0.5, 0.6) is 0 Å². The van der Waals surface area contributed by atoms with Crippen molar-refractivity contribution < 1.29 is 17.1 Å². The summed E-state index contributed by atoms with van der Waals surface area (Å²) in [6, 6.07) is 0. The van der Waals surface area contributed by atoms with Crippen LogP contribution in [-0.4, -0.2) is 42.7 Å². The fourth-order valence-electron chi connectivity index (χ4n) is 0.300. The van der Waals surface area contributed by atoms with Gasteiger partial charge in [-0.3, -0.25) is 0 Å². The van der Waals surface area contributed by atoms with E-state index in [2.05, 4.69) is 0 Å². The van der Waals surface area contributed by atoms with E-state index >= 15 is 0 Å². The Morgan fingerprint density at radius 3 is 1.55 bits per heavy atom. The molecule has 0 aliphatic rings. The molecule has 0 rings (SSSR count). The Balaban J connectivity index is 3.13. The molecule has 0 bridgehead atoms. The first-order valence-electron chi connectivity index (χ1n) is 3.39. The van der Waals surface area contributed by atoms with Gasteiger partial charge in [0.25, 0.3) is 0 Å². The molecule has 0 spiro atoms. The fourth-order valence-corrected chi connectivity index (χ4v) is 0.899. The zero-order valence-electron chi connectivity index (χ0n) is 7.37. The van der Waals surface area contributed by atoms with Crippen LogP contribution in [0.1, 0.15) is 13.8 Å². The number of methoxy groups -OCH3 is 2. The Morgan fingerprint density at radius 2 is 1.27 bits per heavy atom. The summed E-state index contributed by atoms with van der Waals surface area (Å²) in [5, 5.41) is 0. The molecule has 4 nitrogen and oxygen atoms in total. The van der Waals surface area contributed by atoms with Crippen molar-refractivity contribution >= 4 is 15.9 Å². The number of hydrogen-bond acceptors (Lipinski definition) is 4. The SMILES string of the molecule is COC(C)[O][Al+][O]C(C)OC. The molecule has 64 valence electrons. The van der Waals surface area contributed by atoms with E-state index in [9.17, 15) is 0 Å². The molecule has 2 unspecified atom stereocenters. The molecule has 0 aromatic carbocycles. The predicted molar refractivity (Wildman–Crippen MR) is 40.9 cm³/mol. The van der Waals surface area contributed by atoms with Gasteiger partial charge in [0.2, 0.25) is 0 Å². The van der Waals surface area contributed by atoms with Gasteiger partial charge in [-0.2, -0.15) is 0 Å². The van der Waals surface area contributed by atoms with E-state index in [4.69, 9.17) is 17.1 Å². The van der Waals surface area contributed by atoms with Crippen molar-refractivity contribution in [1.29, 1.82) is 0 Å². The monoisotopic (exact) mass is 177 g/mol. The van der Waals surface area contributed by atoms with Crippen molar-refractivity contribution in [1.82, 2.24) is 0 Å². The van der Waals surface area contributed by atoms with E-state index in [1.54, 1.807) is 14.2 Å². The Morgan fingerprint density at radius 1 is 0.909 bits per heavy atom. The second-order valence-electron chi connectivity index (χ2n) is 1.98. The normalized spacial score (nSPS) is 15.6. The Labute approximate surface area is 74.1 Å². The van der Waals surface area contributed by atoms with Crippen molar-refractivity contribution in [2.45, 2.75) is 26.4 Å². The molecule has 5 heteroatoms. The number of rotatable bonds is 6. The first-order chi connectivity index (χ1) is 5.20. The Kier molecular flexibility index (Phi) is 7.28. The summed E-state index contributed by atoms with van der Waals surface area (Å²) in [5.74, 6) is 0. The molecule has 0 aliphatic carbocycles. The molecule has 0 saturated heterocycles. The Bertz CT molecular complexity index is 80.7. The fraction of sp³-hybridized carbons (Fsp3) is 1.00. The van der Waals surface area contributed by atoms with Crippen LogP contribution >= 0.6 is 0 Å². The van der Waals surface area contributed by atoms with Gasteiger partial charge < -0.3 is 0 Å². The molecular weight excluding hydrogens is 163 g/mol. The van der Waals surface area contributed by atoms with Gasteiger partial charge in [0.05, 0.1) is 0 Å². The van der Waals surface area contributed by atoms with Gasteiger partial charge in [-0.1, -0.05) is 0 Å². The van der Waals surface area contributed by atoms with Crippen molar-refractivity contribution in [2.75, 3.05) is 14.2 Å². The maximum atomic E-state index is 5.12. The second-order valence-corrected chi connectivity index (χ2v) is 2.71. The number of hydrogen-bond donors (Lipinski definition) is 0. The van der Waals surface area contributed by atoms with E-state index in [1.807, 2.05) is 13.8 Å². The summed E-state index contributed by atoms with van der Waals surface area (Å²) in [6.07, 6.45) is -0.400. The third-order valence-corrected chi connectivity index (χ3v) is 2.15. The molecule has 0 aromatic heterocycles. The minimum atomic E-state index is -0.500. The Hall–Kier alpha value is 0.372. The quantitative estimate of drug-likeness (QED) is 0.438. The molecule has 2 atom stereocenters. The van der Waals surface area contributed by atoms with Gasteiger partial charge in [0, 0.05) is 0 Å². The summed E-state index contributed by atoms with van der Waals surface area (Å²) < 4.78 is 19.9. The van der Waals surface area contributed by atoms with Gasteiger partial charge in [0.15, 0.2) is 0 Å². The summed E-state index contributed by atoms with van der Waals surface area (Å²) in [6.45, 7) is 3.63. The molecule has 0 aromatic rings. The zero-order valence-corrected chi connectivity index (χ0v) is 8.52. The first kappa shape index (κ1) is 11.4. The average Bonchev–Trinajstić information content (AvgIpc) is 2.04. The average molecular weight is 177 g/mol. The second kappa shape index (κ2) is 7.04. The van der Waals surface area contributed by atoms with Gasteiger partial charge in [-0.15, -0.1) is 0 Å². The molecule has 11 heavy (non-hydrogen) atoms. The molecule has 0 aliphatic heterocycles. The van der Waals surface area contributed by atoms with E-state index in [1.165, 1.54) is 0 Å².